The van der Waals surface area contributed by atoms with Crippen molar-refractivity contribution >= 4 is 23.1 Å². The van der Waals surface area contributed by atoms with Crippen LogP contribution in [0, 0.1) is 13.8 Å². The van der Waals surface area contributed by atoms with Crippen LogP contribution in [-0.2, 0) is 0 Å². The number of piperidine rings is 2. The summed E-state index contributed by atoms with van der Waals surface area (Å²) in [5, 5.41) is 7.48. The zero-order chi connectivity index (χ0) is 23.7. The van der Waals surface area contributed by atoms with Gasteiger partial charge >= 0.3 is 6.03 Å². The number of carbonyl (C=O) groups is 2. The summed E-state index contributed by atoms with van der Waals surface area (Å²) in [4.78, 5) is 29.8. The molecule has 2 aromatic heterocycles. The minimum atomic E-state index is -0.0361. The molecule has 0 saturated carbocycles. The molecule has 4 heterocycles. The molecule has 2 aliphatic heterocycles. The van der Waals surface area contributed by atoms with E-state index in [1.165, 1.54) is 17.5 Å². The summed E-state index contributed by atoms with van der Waals surface area (Å²) < 4.78 is 1.80. The molecule has 1 N–H and O–H groups in total. The number of nitrogens with zero attached hydrogens (tertiary/aromatic N) is 4. The summed E-state index contributed by atoms with van der Waals surface area (Å²) in [6.07, 6.45) is 8.81. The van der Waals surface area contributed by atoms with E-state index in [-0.39, 0.29) is 11.9 Å². The quantitative estimate of drug-likeness (QED) is 0.600. The van der Waals surface area contributed by atoms with E-state index in [9.17, 15) is 9.59 Å². The van der Waals surface area contributed by atoms with Crippen LogP contribution in [0.2, 0.25) is 0 Å². The summed E-state index contributed by atoms with van der Waals surface area (Å²) in [6, 6.07) is 10.3. The number of anilines is 1. The molecule has 1 aromatic carbocycles. The number of carbonyl (C=O) groups excluding carboxylic acids is 2. The molecule has 178 valence electrons. The summed E-state index contributed by atoms with van der Waals surface area (Å²) in [5.74, 6) is 0.452. The number of nitrogens with one attached hydrogen (secondary N) is 1. The molecule has 0 atom stereocenters. The first-order valence-electron chi connectivity index (χ1n) is 12.4. The van der Waals surface area contributed by atoms with E-state index in [0.29, 0.717) is 24.6 Å². The molecule has 2 saturated heterocycles. The Hall–Kier alpha value is -3.35. The molecule has 2 fully saturated rings. The molecule has 0 bridgehead atoms. The van der Waals surface area contributed by atoms with Gasteiger partial charge in [-0.2, -0.15) is 5.10 Å². The smallest absolute Gasteiger partial charge is 0.321 e. The van der Waals surface area contributed by atoms with Crippen LogP contribution in [0.1, 0.15) is 65.1 Å². The molecule has 0 aliphatic carbocycles. The number of urea groups is 1. The van der Waals surface area contributed by atoms with Crippen LogP contribution in [0.25, 0.3) is 5.52 Å². The summed E-state index contributed by atoms with van der Waals surface area (Å²) in [7, 11) is 0. The normalized spacial score (nSPS) is 17.2. The molecule has 7 nitrogen and oxygen atoms in total. The highest BCUT2D eigenvalue weighted by Crippen LogP contribution is 2.30. The Morgan fingerprint density at radius 3 is 2.44 bits per heavy atom. The van der Waals surface area contributed by atoms with Crippen LogP contribution < -0.4 is 5.32 Å². The highest BCUT2D eigenvalue weighted by atomic mass is 16.2. The zero-order valence-corrected chi connectivity index (χ0v) is 20.1. The first-order chi connectivity index (χ1) is 16.5. The Morgan fingerprint density at radius 1 is 0.941 bits per heavy atom. The van der Waals surface area contributed by atoms with Gasteiger partial charge in [0.15, 0.2) is 0 Å². The van der Waals surface area contributed by atoms with Crippen molar-refractivity contribution < 1.29 is 9.59 Å². The lowest BCUT2D eigenvalue weighted by molar-refractivity contribution is 0.0726. The number of hydrogen-bond acceptors (Lipinski definition) is 3. The van der Waals surface area contributed by atoms with E-state index in [1.807, 2.05) is 35.1 Å². The number of fused-ring (bicyclic) bond motifs is 1. The van der Waals surface area contributed by atoms with Gasteiger partial charge in [0, 0.05) is 38.1 Å². The Morgan fingerprint density at radius 2 is 1.71 bits per heavy atom. The van der Waals surface area contributed by atoms with Crippen molar-refractivity contribution in [2.75, 3.05) is 31.5 Å². The van der Waals surface area contributed by atoms with E-state index < -0.39 is 0 Å². The largest absolute Gasteiger partial charge is 0.339 e. The van der Waals surface area contributed by atoms with Crippen molar-refractivity contribution in [1.82, 2.24) is 19.4 Å². The summed E-state index contributed by atoms with van der Waals surface area (Å²) >= 11 is 0. The van der Waals surface area contributed by atoms with Gasteiger partial charge in [0.25, 0.3) is 5.91 Å². The Balaban J connectivity index is 1.25. The Labute approximate surface area is 200 Å². The highest BCUT2D eigenvalue weighted by molar-refractivity contribution is 6.00. The van der Waals surface area contributed by atoms with Gasteiger partial charge < -0.3 is 15.1 Å². The molecule has 0 spiro atoms. The van der Waals surface area contributed by atoms with E-state index in [0.717, 1.165) is 55.5 Å². The lowest BCUT2D eigenvalue weighted by Gasteiger charge is -2.32. The second-order valence-corrected chi connectivity index (χ2v) is 9.71. The molecule has 5 rings (SSSR count). The third-order valence-electron chi connectivity index (χ3n) is 7.30. The van der Waals surface area contributed by atoms with Crippen LogP contribution >= 0.6 is 0 Å². The maximum Gasteiger partial charge on any atom is 0.321 e. The Bertz CT molecular complexity index is 1200. The van der Waals surface area contributed by atoms with Gasteiger partial charge in [0.1, 0.15) is 0 Å². The van der Waals surface area contributed by atoms with E-state index in [2.05, 4.69) is 35.5 Å². The maximum atomic E-state index is 13.1. The van der Waals surface area contributed by atoms with Crippen molar-refractivity contribution in [2.24, 2.45) is 0 Å². The minimum Gasteiger partial charge on any atom is -0.339 e. The number of hydrogen-bond donors (Lipinski definition) is 1. The van der Waals surface area contributed by atoms with Gasteiger partial charge in [-0.3, -0.25) is 4.79 Å². The summed E-state index contributed by atoms with van der Waals surface area (Å²) in [6.45, 7) is 7.16. The fourth-order valence-electron chi connectivity index (χ4n) is 5.25. The third-order valence-corrected chi connectivity index (χ3v) is 7.30. The maximum absolute atomic E-state index is 13.1. The third kappa shape index (κ3) is 4.52. The first-order valence-corrected chi connectivity index (χ1v) is 12.4. The molecule has 3 aromatic rings. The van der Waals surface area contributed by atoms with Gasteiger partial charge in [-0.05, 0) is 81.2 Å². The molecule has 0 radical (unpaired) electrons. The fraction of sp³-hybridized carbons (Fsp3) is 0.444. The minimum absolute atomic E-state index is 0.0361. The van der Waals surface area contributed by atoms with Gasteiger partial charge in [-0.15, -0.1) is 0 Å². The average molecular weight is 460 g/mol. The lowest BCUT2D eigenvalue weighted by Crippen LogP contribution is -2.40. The van der Waals surface area contributed by atoms with Crippen LogP contribution in [0.4, 0.5) is 10.5 Å². The monoisotopic (exact) mass is 459 g/mol. The number of pyridine rings is 1. The lowest BCUT2D eigenvalue weighted by atomic mass is 9.89. The predicted octanol–water partition coefficient (Wildman–Crippen LogP) is 4.99. The first kappa shape index (κ1) is 22.4. The van der Waals surface area contributed by atoms with Crippen molar-refractivity contribution in [3.8, 4) is 0 Å². The van der Waals surface area contributed by atoms with E-state index in [4.69, 9.17) is 0 Å². The fourth-order valence-corrected chi connectivity index (χ4v) is 5.25. The molecule has 2 aliphatic rings. The van der Waals surface area contributed by atoms with Crippen LogP contribution in [0.5, 0.6) is 0 Å². The van der Waals surface area contributed by atoms with Crippen LogP contribution in [0.3, 0.4) is 0 Å². The molecule has 0 unspecified atom stereocenters. The number of rotatable bonds is 3. The Kier molecular flexibility index (Phi) is 6.26. The molecular weight excluding hydrogens is 426 g/mol. The van der Waals surface area contributed by atoms with E-state index >= 15 is 0 Å². The molecule has 7 heteroatoms. The van der Waals surface area contributed by atoms with Gasteiger partial charge in [0.05, 0.1) is 17.3 Å². The highest BCUT2D eigenvalue weighted by Gasteiger charge is 2.26. The molecular formula is C27H33N5O2. The van der Waals surface area contributed by atoms with Gasteiger partial charge in [-0.25, -0.2) is 9.31 Å². The topological polar surface area (TPSA) is 70.0 Å². The predicted molar refractivity (Wildman–Crippen MR) is 133 cm³/mol. The van der Waals surface area contributed by atoms with Gasteiger partial charge in [-0.1, -0.05) is 17.7 Å². The average Bonchev–Trinajstić information content (AvgIpc) is 3.29. The summed E-state index contributed by atoms with van der Waals surface area (Å²) in [5.41, 5.74) is 5.92. The number of likely N-dealkylation sites (tertiary alicyclic amines) is 2. The van der Waals surface area contributed by atoms with E-state index in [1.54, 1.807) is 10.7 Å². The second-order valence-electron chi connectivity index (χ2n) is 9.71. The van der Waals surface area contributed by atoms with Gasteiger partial charge in [0.2, 0.25) is 0 Å². The standard InChI is InChI=1S/C27H33N5O2/c1-19-6-7-24(20(2)16-19)29-27(34)31-13-8-21(9-14-31)22-10-15-32-25(17-22)23(18-28-32)26(33)30-11-4-3-5-12-30/h6-7,10,15-18,21H,3-5,8-9,11-14H2,1-2H3,(H,29,34). The van der Waals surface area contributed by atoms with Crippen molar-refractivity contribution in [3.63, 3.8) is 0 Å². The van der Waals surface area contributed by atoms with Crippen molar-refractivity contribution in [2.45, 2.75) is 51.9 Å². The number of amides is 3. The molecule has 3 amide bonds. The molecule has 34 heavy (non-hydrogen) atoms. The number of aryl methyl sites for hydroxylation is 2. The van der Waals surface area contributed by atoms with Crippen molar-refractivity contribution in [1.29, 1.82) is 0 Å². The number of benzene rings is 1. The van der Waals surface area contributed by atoms with Crippen LogP contribution in [0.15, 0.2) is 42.7 Å². The second kappa shape index (κ2) is 9.49. The van der Waals surface area contributed by atoms with Crippen LogP contribution in [-0.4, -0.2) is 57.5 Å². The number of aromatic nitrogens is 2. The van der Waals surface area contributed by atoms with Crippen molar-refractivity contribution in [3.05, 3.63) is 65.0 Å². The SMILES string of the molecule is Cc1ccc(NC(=O)N2CCC(c3ccn4ncc(C(=O)N5CCCCC5)c4c3)CC2)c(C)c1. The zero-order valence-electron chi connectivity index (χ0n) is 20.1.